The van der Waals surface area contributed by atoms with Crippen LogP contribution in [-0.2, 0) is 32.1 Å². The smallest absolute Gasteiger partial charge is 0.270 e. The van der Waals surface area contributed by atoms with Gasteiger partial charge in [0.2, 0.25) is 0 Å². The van der Waals surface area contributed by atoms with Gasteiger partial charge in [-0.3, -0.25) is 20.2 Å². The summed E-state index contributed by atoms with van der Waals surface area (Å²) < 4.78 is 26.3. The van der Waals surface area contributed by atoms with E-state index in [1.165, 1.54) is 5.56 Å². The summed E-state index contributed by atoms with van der Waals surface area (Å²) in [7, 11) is 0. The van der Waals surface area contributed by atoms with Crippen molar-refractivity contribution in [2.75, 3.05) is 26.4 Å². The quantitative estimate of drug-likeness (QED) is 0.0702. The van der Waals surface area contributed by atoms with Crippen LogP contribution in [-0.4, -0.2) is 36.3 Å². The summed E-state index contributed by atoms with van der Waals surface area (Å²) in [6.45, 7) is 12.0. The minimum atomic E-state index is -0.342. The minimum Gasteiger partial charge on any atom is -0.493 e. The molecular formula is C48H54N2O8. The predicted molar refractivity (Wildman–Crippen MR) is 227 cm³/mol. The van der Waals surface area contributed by atoms with E-state index >= 15 is 0 Å². The average Bonchev–Trinajstić information content (AvgIpc) is 3.20. The monoisotopic (exact) mass is 786 g/mol. The Morgan fingerprint density at radius 2 is 0.793 bits per heavy atom. The van der Waals surface area contributed by atoms with E-state index in [1.807, 2.05) is 45.9 Å². The predicted octanol–water partition coefficient (Wildman–Crippen LogP) is 11.2. The van der Waals surface area contributed by atoms with Crippen molar-refractivity contribution in [3.05, 3.63) is 160 Å². The second-order valence-corrected chi connectivity index (χ2v) is 15.1. The zero-order valence-corrected chi connectivity index (χ0v) is 34.4. The number of nitro groups is 2. The van der Waals surface area contributed by atoms with Crippen LogP contribution >= 0.6 is 0 Å². The lowest BCUT2D eigenvalue weighted by Gasteiger charge is -2.23. The Morgan fingerprint density at radius 1 is 0.466 bits per heavy atom. The summed E-state index contributed by atoms with van der Waals surface area (Å²) in [5.74, 6) is 2.55. The van der Waals surface area contributed by atoms with Gasteiger partial charge in [0.25, 0.3) is 11.4 Å². The second-order valence-electron chi connectivity index (χ2n) is 15.1. The van der Waals surface area contributed by atoms with Gasteiger partial charge in [-0.15, -0.1) is 0 Å². The summed E-state index contributed by atoms with van der Waals surface area (Å²) >= 11 is 0. The number of para-hydroxylation sites is 1. The second kappa shape index (κ2) is 19.5. The Morgan fingerprint density at radius 3 is 1.14 bits per heavy atom. The Hall–Kier alpha value is -5.90. The van der Waals surface area contributed by atoms with Crippen molar-refractivity contribution in [2.45, 2.75) is 92.4 Å². The van der Waals surface area contributed by atoms with Crippen LogP contribution in [0.15, 0.2) is 78.9 Å². The topological polar surface area (TPSA) is 123 Å². The van der Waals surface area contributed by atoms with E-state index in [1.54, 1.807) is 24.3 Å². The van der Waals surface area contributed by atoms with Crippen molar-refractivity contribution in [1.29, 1.82) is 0 Å². The van der Waals surface area contributed by atoms with Crippen molar-refractivity contribution in [3.63, 3.8) is 0 Å². The van der Waals surface area contributed by atoms with Crippen molar-refractivity contribution >= 4 is 11.4 Å². The first-order valence-corrected chi connectivity index (χ1v) is 20.5. The molecule has 0 aromatic heterocycles. The molecule has 58 heavy (non-hydrogen) atoms. The molecule has 0 fully saturated rings. The van der Waals surface area contributed by atoms with E-state index in [0.717, 1.165) is 59.1 Å². The fourth-order valence-corrected chi connectivity index (χ4v) is 7.64. The molecule has 0 spiro atoms. The standard InChI is InChI=1S/C48H54N2O8/c1-6-17-55-45-35-11-10-12-36(45)25-40-29-44(50(53)54)31-42(48(40)58-20-9-4)27-38-23-34(21-33-15-13-32(5)14-16-33)22-37(46(38)56-18-7-2)26-41-30-43(49(51)52)28-39(24-35)47(41)57-19-8-3/h10-16,22-23,28-31H,6-9,17-21,24-27H2,1-5H3. The lowest BCUT2D eigenvalue weighted by Crippen LogP contribution is -2.11. The fraction of sp³-hybridized carbons (Fsp3) is 0.375. The van der Waals surface area contributed by atoms with Gasteiger partial charge < -0.3 is 18.9 Å². The first-order chi connectivity index (χ1) is 28.1. The molecule has 0 amide bonds. The molecule has 0 radical (unpaired) electrons. The van der Waals surface area contributed by atoms with E-state index in [0.29, 0.717) is 104 Å². The molecule has 0 saturated carbocycles. The molecule has 1 aliphatic carbocycles. The van der Waals surface area contributed by atoms with E-state index in [4.69, 9.17) is 18.9 Å². The highest BCUT2D eigenvalue weighted by molar-refractivity contribution is 5.60. The van der Waals surface area contributed by atoms with Gasteiger partial charge in [0.1, 0.15) is 23.0 Å². The Bertz CT molecular complexity index is 2130. The molecule has 0 aliphatic heterocycles. The fourth-order valence-electron chi connectivity index (χ4n) is 7.64. The van der Waals surface area contributed by atoms with Crippen molar-refractivity contribution in [2.24, 2.45) is 0 Å². The van der Waals surface area contributed by atoms with Crippen LogP contribution in [0.4, 0.5) is 11.4 Å². The van der Waals surface area contributed by atoms with Gasteiger partial charge in [-0.2, -0.15) is 0 Å². The average molecular weight is 787 g/mol. The van der Waals surface area contributed by atoms with Crippen LogP contribution < -0.4 is 18.9 Å². The maximum Gasteiger partial charge on any atom is 0.270 e. The van der Waals surface area contributed by atoms with E-state index < -0.39 is 0 Å². The van der Waals surface area contributed by atoms with Gasteiger partial charge in [0, 0.05) is 72.2 Å². The van der Waals surface area contributed by atoms with Crippen LogP contribution in [0, 0.1) is 27.2 Å². The normalized spacial score (nSPS) is 12.2. The minimum absolute atomic E-state index is 0.0192. The van der Waals surface area contributed by atoms with Crippen LogP contribution in [0.25, 0.3) is 0 Å². The molecule has 0 unspecified atom stereocenters. The summed E-state index contributed by atoms with van der Waals surface area (Å²) in [5.41, 5.74) is 9.37. The van der Waals surface area contributed by atoms with E-state index in [-0.39, 0.29) is 21.2 Å². The molecule has 5 aromatic carbocycles. The van der Waals surface area contributed by atoms with E-state index in [2.05, 4.69) is 43.3 Å². The molecule has 0 saturated heterocycles. The first-order valence-electron chi connectivity index (χ1n) is 20.5. The third kappa shape index (κ3) is 9.96. The van der Waals surface area contributed by atoms with Crippen LogP contribution in [0.1, 0.15) is 115 Å². The number of nitro benzene ring substituents is 2. The highest BCUT2D eigenvalue weighted by Gasteiger charge is 2.26. The third-order valence-corrected chi connectivity index (χ3v) is 10.2. The molecule has 0 N–H and O–H groups in total. The van der Waals surface area contributed by atoms with Gasteiger partial charge in [-0.25, -0.2) is 0 Å². The van der Waals surface area contributed by atoms with Gasteiger partial charge >= 0.3 is 0 Å². The number of ether oxygens (including phenoxy) is 4. The van der Waals surface area contributed by atoms with Crippen molar-refractivity contribution in [1.82, 2.24) is 0 Å². The molecule has 304 valence electrons. The molecule has 10 nitrogen and oxygen atoms in total. The lowest BCUT2D eigenvalue weighted by atomic mass is 9.89. The van der Waals surface area contributed by atoms with Crippen molar-refractivity contribution < 1.29 is 28.8 Å². The largest absolute Gasteiger partial charge is 0.493 e. The van der Waals surface area contributed by atoms with Crippen LogP contribution in [0.3, 0.4) is 0 Å². The maximum atomic E-state index is 12.6. The molecule has 8 bridgehead atoms. The Kier molecular flexibility index (Phi) is 14.0. The van der Waals surface area contributed by atoms with Crippen molar-refractivity contribution in [3.8, 4) is 23.0 Å². The summed E-state index contributed by atoms with van der Waals surface area (Å²) in [6.07, 6.45) is 4.84. The Labute approximate surface area is 341 Å². The van der Waals surface area contributed by atoms with Gasteiger partial charge in [0.15, 0.2) is 0 Å². The number of aryl methyl sites for hydroxylation is 1. The zero-order valence-electron chi connectivity index (χ0n) is 34.4. The molecule has 0 heterocycles. The molecular weight excluding hydrogens is 733 g/mol. The molecule has 1 aliphatic rings. The number of non-ortho nitro benzene ring substituents is 2. The third-order valence-electron chi connectivity index (χ3n) is 10.2. The number of hydrogen-bond donors (Lipinski definition) is 0. The summed E-state index contributed by atoms with van der Waals surface area (Å²) in [4.78, 5) is 24.5. The van der Waals surface area contributed by atoms with Gasteiger partial charge in [-0.1, -0.05) is 87.9 Å². The highest BCUT2D eigenvalue weighted by atomic mass is 16.6. The summed E-state index contributed by atoms with van der Waals surface area (Å²) in [6, 6.07) is 25.1. The maximum absolute atomic E-state index is 12.6. The van der Waals surface area contributed by atoms with Crippen LogP contribution in [0.2, 0.25) is 0 Å². The van der Waals surface area contributed by atoms with Gasteiger partial charge in [-0.05, 0) is 72.4 Å². The SMILES string of the molecule is CCCOc1c2cccc1Cc1cc([N+](=O)[O-])cc(c1OCCC)Cc1cc(Cc3ccc(C)cc3)cc(c1OCCC)Cc1cc([N+](=O)[O-])cc(c1OCCC)C2. The molecule has 6 rings (SSSR count). The number of benzene rings is 5. The number of nitrogens with zero attached hydrogens (tertiary/aromatic N) is 2. The highest BCUT2D eigenvalue weighted by Crippen LogP contribution is 2.42. The number of hydrogen-bond acceptors (Lipinski definition) is 8. The van der Waals surface area contributed by atoms with E-state index in [9.17, 15) is 20.2 Å². The lowest BCUT2D eigenvalue weighted by molar-refractivity contribution is -0.385. The Balaban J connectivity index is 1.70. The van der Waals surface area contributed by atoms with Gasteiger partial charge in [0.05, 0.1) is 36.3 Å². The summed E-state index contributed by atoms with van der Waals surface area (Å²) in [5, 5.41) is 25.2. The molecule has 0 atom stereocenters. The molecule has 10 heteroatoms. The number of fused-ring (bicyclic) bond motifs is 8. The first kappa shape index (κ1) is 41.7. The number of rotatable bonds is 16. The molecule has 5 aromatic rings. The van der Waals surface area contributed by atoms with Crippen LogP contribution in [0.5, 0.6) is 23.0 Å². The zero-order chi connectivity index (χ0) is 41.2.